The summed E-state index contributed by atoms with van der Waals surface area (Å²) in [5.41, 5.74) is 0.0880. The van der Waals surface area contributed by atoms with Gasteiger partial charge < -0.3 is 10.1 Å². The molecule has 4 nitrogen and oxygen atoms in total. The predicted molar refractivity (Wildman–Crippen MR) is 57.4 cm³/mol. The molecular formula is C10H12ClN3O. The van der Waals surface area contributed by atoms with E-state index in [1.54, 1.807) is 6.20 Å². The summed E-state index contributed by atoms with van der Waals surface area (Å²) in [4.78, 5) is 8.05. The molecule has 15 heavy (non-hydrogen) atoms. The average molecular weight is 226 g/mol. The van der Waals surface area contributed by atoms with Crippen LogP contribution in [0.5, 0.6) is 5.75 Å². The quantitative estimate of drug-likeness (QED) is 0.688. The summed E-state index contributed by atoms with van der Waals surface area (Å²) in [6, 6.07) is 0. The molecule has 1 saturated carbocycles. The van der Waals surface area contributed by atoms with Gasteiger partial charge in [-0.05, 0) is 24.4 Å². The molecule has 0 amide bonds. The fourth-order valence-corrected chi connectivity index (χ4v) is 2.50. The summed E-state index contributed by atoms with van der Waals surface area (Å²) in [5.74, 6) is 1.44. The summed E-state index contributed by atoms with van der Waals surface area (Å²) in [6.45, 7) is 0.713. The number of anilines is 1. The Kier molecular flexibility index (Phi) is 1.99. The summed E-state index contributed by atoms with van der Waals surface area (Å²) in [5, 5.41) is 3.72. The highest BCUT2D eigenvalue weighted by Gasteiger charge is 2.38. The molecule has 80 valence electrons. The number of rotatable bonds is 0. The Labute approximate surface area is 93.0 Å². The Morgan fingerprint density at radius 2 is 2.20 bits per heavy atom. The molecule has 1 fully saturated rings. The second-order valence-electron chi connectivity index (χ2n) is 4.25. The highest BCUT2D eigenvalue weighted by atomic mass is 35.5. The lowest BCUT2D eigenvalue weighted by Gasteiger charge is -2.35. The normalized spacial score (nSPS) is 21.9. The highest BCUT2D eigenvalue weighted by Crippen LogP contribution is 2.39. The van der Waals surface area contributed by atoms with E-state index in [0.29, 0.717) is 12.4 Å². The molecule has 2 heterocycles. The third-order valence-corrected chi connectivity index (χ3v) is 3.36. The van der Waals surface area contributed by atoms with Gasteiger partial charge >= 0.3 is 0 Å². The average Bonchev–Trinajstić information content (AvgIpc) is 2.66. The van der Waals surface area contributed by atoms with E-state index >= 15 is 0 Å². The van der Waals surface area contributed by atoms with Gasteiger partial charge in [-0.1, -0.05) is 12.8 Å². The summed E-state index contributed by atoms with van der Waals surface area (Å²) in [6.07, 6.45) is 6.43. The lowest BCUT2D eigenvalue weighted by molar-refractivity contribution is 0.218. The molecular weight excluding hydrogens is 214 g/mol. The van der Waals surface area contributed by atoms with E-state index in [4.69, 9.17) is 16.3 Å². The maximum Gasteiger partial charge on any atom is 0.224 e. The first-order valence-electron chi connectivity index (χ1n) is 5.21. The number of nitrogens with one attached hydrogen (secondary N) is 1. The van der Waals surface area contributed by atoms with Crippen LogP contribution in [0.15, 0.2) is 6.20 Å². The van der Waals surface area contributed by atoms with E-state index in [0.717, 1.165) is 18.7 Å². The molecule has 0 atom stereocenters. The molecule has 0 unspecified atom stereocenters. The van der Waals surface area contributed by atoms with E-state index in [2.05, 4.69) is 15.3 Å². The molecule has 1 aromatic rings. The minimum Gasteiger partial charge on any atom is -0.486 e. The number of fused-ring (bicyclic) bond motifs is 1. The fourth-order valence-electron chi connectivity index (χ4n) is 2.37. The zero-order valence-corrected chi connectivity index (χ0v) is 9.05. The van der Waals surface area contributed by atoms with Gasteiger partial charge in [0.2, 0.25) is 5.28 Å². The van der Waals surface area contributed by atoms with Crippen molar-refractivity contribution < 1.29 is 4.74 Å². The molecule has 5 heteroatoms. The first-order chi connectivity index (χ1) is 7.27. The van der Waals surface area contributed by atoms with Crippen LogP contribution in [-0.4, -0.2) is 22.1 Å². The second-order valence-corrected chi connectivity index (χ2v) is 4.59. The van der Waals surface area contributed by atoms with Crippen molar-refractivity contribution in [1.29, 1.82) is 0 Å². The van der Waals surface area contributed by atoms with Gasteiger partial charge in [0.05, 0.1) is 11.7 Å². The number of ether oxygens (including phenoxy) is 1. The molecule has 0 aromatic carbocycles. The largest absolute Gasteiger partial charge is 0.486 e. The van der Waals surface area contributed by atoms with Crippen molar-refractivity contribution in [2.45, 2.75) is 31.2 Å². The third-order valence-electron chi connectivity index (χ3n) is 3.17. The zero-order chi connectivity index (χ0) is 10.3. The van der Waals surface area contributed by atoms with E-state index in [-0.39, 0.29) is 10.8 Å². The first-order valence-corrected chi connectivity index (χ1v) is 5.59. The maximum absolute atomic E-state index is 5.75. The lowest BCUT2D eigenvalue weighted by atomic mass is 9.98. The van der Waals surface area contributed by atoms with Gasteiger partial charge in [-0.15, -0.1) is 0 Å². The highest BCUT2D eigenvalue weighted by molar-refractivity contribution is 6.28. The topological polar surface area (TPSA) is 47.0 Å². The number of halogens is 1. The van der Waals surface area contributed by atoms with Gasteiger partial charge in [0.1, 0.15) is 6.61 Å². The van der Waals surface area contributed by atoms with Gasteiger partial charge in [0, 0.05) is 0 Å². The SMILES string of the molecule is Clc1ncc2c(n1)NC1(CCCC1)CO2. The Hall–Kier alpha value is -1.03. The van der Waals surface area contributed by atoms with Crippen LogP contribution in [0.2, 0.25) is 5.28 Å². The summed E-state index contributed by atoms with van der Waals surface area (Å²) < 4.78 is 5.67. The van der Waals surface area contributed by atoms with Crippen LogP contribution >= 0.6 is 11.6 Å². The van der Waals surface area contributed by atoms with E-state index < -0.39 is 0 Å². The van der Waals surface area contributed by atoms with Crippen LogP contribution in [0.4, 0.5) is 5.82 Å². The maximum atomic E-state index is 5.75. The van der Waals surface area contributed by atoms with Crippen molar-refractivity contribution in [2.75, 3.05) is 11.9 Å². The Morgan fingerprint density at radius 3 is 3.00 bits per heavy atom. The van der Waals surface area contributed by atoms with Crippen LogP contribution in [0.25, 0.3) is 0 Å². The zero-order valence-electron chi connectivity index (χ0n) is 8.29. The van der Waals surface area contributed by atoms with Crippen molar-refractivity contribution in [3.05, 3.63) is 11.5 Å². The first kappa shape index (κ1) is 9.21. The van der Waals surface area contributed by atoms with Crippen molar-refractivity contribution in [3.8, 4) is 5.75 Å². The van der Waals surface area contributed by atoms with Crippen LogP contribution in [0, 0.1) is 0 Å². The van der Waals surface area contributed by atoms with Crippen molar-refractivity contribution in [1.82, 2.24) is 9.97 Å². The predicted octanol–water partition coefficient (Wildman–Crippen LogP) is 2.25. The Balaban J connectivity index is 1.94. The van der Waals surface area contributed by atoms with Crippen molar-refractivity contribution >= 4 is 17.4 Å². The molecule has 1 aliphatic heterocycles. The van der Waals surface area contributed by atoms with Gasteiger partial charge in [-0.25, -0.2) is 4.98 Å². The van der Waals surface area contributed by atoms with Crippen molar-refractivity contribution in [2.24, 2.45) is 0 Å². The molecule has 0 radical (unpaired) electrons. The molecule has 3 rings (SSSR count). The molecule has 1 aromatic heterocycles. The standard InChI is InChI=1S/C10H12ClN3O/c11-9-12-5-7-8(13-9)14-10(6-15-7)3-1-2-4-10/h5H,1-4,6H2,(H,12,13,14). The Bertz CT molecular complexity index is 390. The molecule has 0 saturated heterocycles. The second kappa shape index (κ2) is 3.23. The van der Waals surface area contributed by atoms with Crippen LogP contribution < -0.4 is 10.1 Å². The summed E-state index contributed by atoms with van der Waals surface area (Å²) >= 11 is 5.75. The number of hydrogen-bond acceptors (Lipinski definition) is 4. The molecule has 0 bridgehead atoms. The van der Waals surface area contributed by atoms with Crippen LogP contribution in [-0.2, 0) is 0 Å². The fraction of sp³-hybridized carbons (Fsp3) is 0.600. The number of hydrogen-bond donors (Lipinski definition) is 1. The minimum atomic E-state index is 0.0880. The molecule has 1 aliphatic carbocycles. The molecule has 2 aliphatic rings. The smallest absolute Gasteiger partial charge is 0.224 e. The number of aromatic nitrogens is 2. The molecule has 1 N–H and O–H groups in total. The van der Waals surface area contributed by atoms with Gasteiger partial charge in [-0.3, -0.25) is 0 Å². The van der Waals surface area contributed by atoms with E-state index in [1.807, 2.05) is 0 Å². The van der Waals surface area contributed by atoms with Crippen molar-refractivity contribution in [3.63, 3.8) is 0 Å². The number of nitrogens with zero attached hydrogens (tertiary/aromatic N) is 2. The van der Waals surface area contributed by atoms with Crippen LogP contribution in [0.1, 0.15) is 25.7 Å². The van der Waals surface area contributed by atoms with Gasteiger partial charge in [0.15, 0.2) is 11.6 Å². The van der Waals surface area contributed by atoms with Crippen LogP contribution in [0.3, 0.4) is 0 Å². The van der Waals surface area contributed by atoms with Gasteiger partial charge in [-0.2, -0.15) is 4.98 Å². The third kappa shape index (κ3) is 1.53. The molecule has 1 spiro atoms. The van der Waals surface area contributed by atoms with Gasteiger partial charge in [0.25, 0.3) is 0 Å². The Morgan fingerprint density at radius 1 is 1.40 bits per heavy atom. The minimum absolute atomic E-state index is 0.0880. The monoisotopic (exact) mass is 225 g/mol. The van der Waals surface area contributed by atoms with E-state index in [9.17, 15) is 0 Å². The lowest BCUT2D eigenvalue weighted by Crippen LogP contribution is -2.44. The van der Waals surface area contributed by atoms with E-state index in [1.165, 1.54) is 12.8 Å². The summed E-state index contributed by atoms with van der Waals surface area (Å²) in [7, 11) is 0.